The molecule has 1 heterocycles. The fourth-order valence-corrected chi connectivity index (χ4v) is 4.54. The van der Waals surface area contributed by atoms with E-state index in [9.17, 15) is 0 Å². The highest BCUT2D eigenvalue weighted by Gasteiger charge is 2.17. The van der Waals surface area contributed by atoms with Gasteiger partial charge in [0, 0.05) is 0 Å². The molecule has 0 N–H and O–H groups in total. The molecule has 1 aromatic heterocycles. The third kappa shape index (κ3) is 11.0. The summed E-state index contributed by atoms with van der Waals surface area (Å²) >= 11 is 0. The Kier molecular flexibility index (Phi) is 14.1. The van der Waals surface area contributed by atoms with Crippen molar-refractivity contribution >= 4 is 0 Å². The Morgan fingerprint density at radius 3 is 1.81 bits per heavy atom. The van der Waals surface area contributed by atoms with Crippen LogP contribution in [0.25, 0.3) is 0 Å². The van der Waals surface area contributed by atoms with Gasteiger partial charge in [-0.1, -0.05) is 115 Å². The summed E-state index contributed by atoms with van der Waals surface area (Å²) in [4.78, 5) is 0. The summed E-state index contributed by atoms with van der Waals surface area (Å²) in [5.74, 6) is 1.49. The molecule has 0 spiro atoms. The van der Waals surface area contributed by atoms with E-state index in [2.05, 4.69) is 65.7 Å². The molecule has 2 heteroatoms. The molecule has 31 heavy (non-hydrogen) atoms. The van der Waals surface area contributed by atoms with Crippen molar-refractivity contribution in [2.24, 2.45) is 0 Å². The van der Waals surface area contributed by atoms with Gasteiger partial charge in [-0.3, -0.25) is 0 Å². The van der Waals surface area contributed by atoms with Gasteiger partial charge in [0.2, 0.25) is 0 Å². The summed E-state index contributed by atoms with van der Waals surface area (Å²) in [7, 11) is 0. The third-order valence-electron chi connectivity index (χ3n) is 6.55. The van der Waals surface area contributed by atoms with E-state index in [4.69, 9.17) is 0 Å². The van der Waals surface area contributed by atoms with Crippen LogP contribution in [0.3, 0.4) is 0 Å². The summed E-state index contributed by atoms with van der Waals surface area (Å²) in [6, 6.07) is 11.0. The highest BCUT2D eigenvalue weighted by molar-refractivity contribution is 5.18. The van der Waals surface area contributed by atoms with Crippen LogP contribution >= 0.6 is 0 Å². The molecule has 0 aliphatic heterocycles. The molecule has 0 saturated carbocycles. The first-order valence-electron chi connectivity index (χ1n) is 13.5. The minimum absolute atomic E-state index is 1.04. The largest absolute Gasteiger partial charge is 0.260 e. The Morgan fingerprint density at radius 2 is 1.19 bits per heavy atom. The second-order valence-corrected chi connectivity index (χ2v) is 9.36. The van der Waals surface area contributed by atoms with Gasteiger partial charge in [0.15, 0.2) is 0 Å². The minimum Gasteiger partial charge on any atom is -0.234 e. The van der Waals surface area contributed by atoms with Crippen LogP contribution in [0.4, 0.5) is 0 Å². The van der Waals surface area contributed by atoms with E-state index < -0.39 is 0 Å². The predicted octanol–water partition coefficient (Wildman–Crippen LogP) is 8.26. The maximum atomic E-state index is 2.53. The number of aryl methyl sites for hydroxylation is 2. The molecule has 0 amide bonds. The van der Waals surface area contributed by atoms with Gasteiger partial charge in [-0.25, -0.2) is 9.13 Å². The van der Waals surface area contributed by atoms with E-state index in [0.717, 1.165) is 6.42 Å². The van der Waals surface area contributed by atoms with Crippen molar-refractivity contribution in [2.45, 2.75) is 130 Å². The summed E-state index contributed by atoms with van der Waals surface area (Å²) in [6.07, 6.45) is 26.4. The van der Waals surface area contributed by atoms with E-state index in [1.807, 2.05) is 0 Å². The van der Waals surface area contributed by atoms with Crippen LogP contribution in [0.1, 0.15) is 122 Å². The molecule has 0 saturated heterocycles. The van der Waals surface area contributed by atoms with Gasteiger partial charge in [0.25, 0.3) is 5.82 Å². The molecule has 0 unspecified atom stereocenters. The second-order valence-electron chi connectivity index (χ2n) is 9.36. The number of hydrogen-bond acceptors (Lipinski definition) is 0. The van der Waals surface area contributed by atoms with Gasteiger partial charge in [0.05, 0.1) is 19.5 Å². The molecule has 2 nitrogen and oxygen atoms in total. The van der Waals surface area contributed by atoms with Crippen LogP contribution in [0, 0.1) is 0 Å². The number of unbranched alkanes of at least 4 members (excludes halogenated alkanes) is 13. The smallest absolute Gasteiger partial charge is 0.234 e. The highest BCUT2D eigenvalue weighted by Crippen LogP contribution is 2.12. The minimum atomic E-state index is 1.04. The maximum absolute atomic E-state index is 2.53. The number of hydrogen-bond donors (Lipinski definition) is 0. The lowest BCUT2D eigenvalue weighted by Crippen LogP contribution is -2.37. The fraction of sp³-hybridized carbons (Fsp3) is 0.690. The summed E-state index contributed by atoms with van der Waals surface area (Å²) in [5, 5.41) is 0. The number of imidazole rings is 1. The molecule has 0 aliphatic rings. The Hall–Kier alpha value is -1.57. The van der Waals surface area contributed by atoms with Crippen molar-refractivity contribution in [3.63, 3.8) is 0 Å². The Balaban J connectivity index is 1.80. The van der Waals surface area contributed by atoms with Gasteiger partial charge < -0.3 is 0 Å². The number of aromatic nitrogens is 2. The van der Waals surface area contributed by atoms with Gasteiger partial charge >= 0.3 is 0 Å². The van der Waals surface area contributed by atoms with Crippen LogP contribution in [0.15, 0.2) is 42.7 Å². The number of nitrogens with zero attached hydrogens (tertiary/aromatic N) is 2. The Labute approximate surface area is 193 Å². The first kappa shape index (κ1) is 25.7. The van der Waals surface area contributed by atoms with Crippen LogP contribution in [0.2, 0.25) is 0 Å². The number of rotatable bonds is 19. The molecular formula is C29H49N2+. The zero-order valence-corrected chi connectivity index (χ0v) is 20.7. The van der Waals surface area contributed by atoms with E-state index >= 15 is 0 Å². The second kappa shape index (κ2) is 17.0. The normalized spacial score (nSPS) is 11.3. The SMILES string of the molecule is CCCCCCCCCCC[n+]1ccn(CCCCCCCC)c1Cc1ccccc1. The lowest BCUT2D eigenvalue weighted by atomic mass is 10.1. The molecule has 0 bridgehead atoms. The molecule has 1 aromatic carbocycles. The van der Waals surface area contributed by atoms with Gasteiger partial charge in [-0.05, 0) is 31.2 Å². The first-order chi connectivity index (χ1) is 15.3. The Morgan fingerprint density at radius 1 is 0.645 bits per heavy atom. The van der Waals surface area contributed by atoms with Crippen molar-refractivity contribution in [1.29, 1.82) is 0 Å². The molecule has 0 radical (unpaired) electrons. The van der Waals surface area contributed by atoms with Gasteiger partial charge in [0.1, 0.15) is 12.4 Å². The lowest BCUT2D eigenvalue weighted by molar-refractivity contribution is -0.703. The lowest BCUT2D eigenvalue weighted by Gasteiger charge is -2.07. The predicted molar refractivity (Wildman–Crippen MR) is 134 cm³/mol. The summed E-state index contributed by atoms with van der Waals surface area (Å²) in [5.41, 5.74) is 1.42. The molecular weight excluding hydrogens is 376 g/mol. The van der Waals surface area contributed by atoms with E-state index in [1.54, 1.807) is 0 Å². The zero-order valence-electron chi connectivity index (χ0n) is 20.7. The molecule has 2 aromatic rings. The molecule has 2 rings (SSSR count). The van der Waals surface area contributed by atoms with E-state index in [-0.39, 0.29) is 0 Å². The van der Waals surface area contributed by atoms with E-state index in [0.29, 0.717) is 0 Å². The standard InChI is InChI=1S/C29H49N2/c1-3-5-7-9-11-12-13-15-20-24-31-26-25-30(23-19-14-10-8-6-4-2)29(31)27-28-21-17-16-18-22-28/h16-18,21-22,25-26H,3-15,19-20,23-24,27H2,1-2H3/q+1. The monoisotopic (exact) mass is 425 g/mol. The zero-order chi connectivity index (χ0) is 22.0. The van der Waals surface area contributed by atoms with E-state index in [1.165, 1.54) is 121 Å². The van der Waals surface area contributed by atoms with Crippen molar-refractivity contribution in [2.75, 3.05) is 0 Å². The van der Waals surface area contributed by atoms with Crippen LogP contribution in [-0.4, -0.2) is 4.57 Å². The van der Waals surface area contributed by atoms with Crippen LogP contribution in [0.5, 0.6) is 0 Å². The van der Waals surface area contributed by atoms with Gasteiger partial charge in [-0.15, -0.1) is 0 Å². The van der Waals surface area contributed by atoms with Crippen molar-refractivity contribution in [3.8, 4) is 0 Å². The van der Waals surface area contributed by atoms with Crippen LogP contribution in [-0.2, 0) is 19.5 Å². The van der Waals surface area contributed by atoms with Gasteiger partial charge in [-0.2, -0.15) is 0 Å². The fourth-order valence-electron chi connectivity index (χ4n) is 4.54. The summed E-state index contributed by atoms with van der Waals surface area (Å²) in [6.45, 7) is 6.92. The molecule has 0 aliphatic carbocycles. The molecule has 0 fully saturated rings. The third-order valence-corrected chi connectivity index (χ3v) is 6.55. The molecule has 174 valence electrons. The van der Waals surface area contributed by atoms with Crippen LogP contribution < -0.4 is 4.57 Å². The maximum Gasteiger partial charge on any atom is 0.260 e. The quantitative estimate of drug-likeness (QED) is 0.158. The number of benzene rings is 1. The average molecular weight is 426 g/mol. The molecule has 0 atom stereocenters. The van der Waals surface area contributed by atoms with Crippen molar-refractivity contribution in [3.05, 3.63) is 54.1 Å². The summed E-state index contributed by atoms with van der Waals surface area (Å²) < 4.78 is 5.06. The average Bonchev–Trinajstić information content (AvgIpc) is 3.17. The highest BCUT2D eigenvalue weighted by atomic mass is 15.1. The first-order valence-corrected chi connectivity index (χ1v) is 13.5. The van der Waals surface area contributed by atoms with Crippen molar-refractivity contribution < 1.29 is 4.57 Å². The Bertz CT molecular complexity index is 659. The van der Waals surface area contributed by atoms with Crippen molar-refractivity contribution in [1.82, 2.24) is 4.57 Å². The topological polar surface area (TPSA) is 8.81 Å².